The Morgan fingerprint density at radius 2 is 1.32 bits per heavy atom. The van der Waals surface area contributed by atoms with E-state index < -0.39 is 0 Å². The minimum atomic E-state index is -0.250. The molecular weight excluding hydrogens is 569 g/mol. The van der Waals surface area contributed by atoms with Gasteiger partial charge in [0.05, 0.1) is 5.41 Å². The van der Waals surface area contributed by atoms with Crippen molar-refractivity contribution in [2.45, 2.75) is 64.2 Å². The van der Waals surface area contributed by atoms with E-state index in [0.717, 1.165) is 38.8 Å². The van der Waals surface area contributed by atoms with Gasteiger partial charge in [0.1, 0.15) is 6.54 Å². The Bertz CT molecular complexity index is 1940. The van der Waals surface area contributed by atoms with Gasteiger partial charge in [0, 0.05) is 47.5 Å². The molecule has 2 nitrogen and oxygen atoms in total. The zero-order valence-electron chi connectivity index (χ0n) is 28.4. The molecule has 7 rings (SSSR count). The maximum absolute atomic E-state index is 2.64. The molecule has 5 aromatic carbocycles. The lowest BCUT2D eigenvalue weighted by atomic mass is 9.69. The van der Waals surface area contributed by atoms with E-state index in [1.54, 1.807) is 0 Å². The summed E-state index contributed by atoms with van der Waals surface area (Å²) in [7, 11) is 0. The standard InChI is InChI=1S/C45H47N2/c1-5-30-46-39-25-16-15-24-38(39)44(3,4)41(46)26-17-27-42-45(32-34-18-9-7-10-19-34,33-35-20-11-8-12-21-35)43-37-23-14-13-22-36(37)28-29-40(43)47(42)31-6-2/h7-29H,5-6,30-33H2,1-4H3/q+1. The van der Waals surface area contributed by atoms with Crippen LogP contribution < -0.4 is 4.90 Å². The van der Waals surface area contributed by atoms with Crippen molar-refractivity contribution in [3.05, 3.63) is 168 Å². The van der Waals surface area contributed by atoms with E-state index in [-0.39, 0.29) is 10.8 Å². The molecule has 2 heterocycles. The van der Waals surface area contributed by atoms with E-state index in [2.05, 4.69) is 177 Å². The molecule has 0 spiro atoms. The molecule has 0 saturated carbocycles. The van der Waals surface area contributed by atoms with Gasteiger partial charge in [-0.3, -0.25) is 0 Å². The Morgan fingerprint density at radius 3 is 2.00 bits per heavy atom. The second-order valence-corrected chi connectivity index (χ2v) is 13.8. The first-order chi connectivity index (χ1) is 23.0. The Hall–Kier alpha value is -4.69. The van der Waals surface area contributed by atoms with E-state index in [9.17, 15) is 0 Å². The van der Waals surface area contributed by atoms with Crippen molar-refractivity contribution in [3.63, 3.8) is 0 Å². The highest BCUT2D eigenvalue weighted by Gasteiger charge is 2.48. The SMILES string of the molecule is CCCN1C(=CC=CC2=[N+](CCC)c3ccccc3C2(C)C)C(Cc2ccccc2)(Cc2ccccc2)c2c1ccc1ccccc21. The number of rotatable bonds is 10. The highest BCUT2D eigenvalue weighted by Crippen LogP contribution is 2.54. The van der Waals surface area contributed by atoms with Gasteiger partial charge in [0.2, 0.25) is 5.69 Å². The third-order valence-electron chi connectivity index (χ3n) is 10.4. The van der Waals surface area contributed by atoms with Crippen molar-refractivity contribution in [1.82, 2.24) is 0 Å². The summed E-state index contributed by atoms with van der Waals surface area (Å²) in [5, 5.41) is 2.67. The van der Waals surface area contributed by atoms with Crippen LogP contribution in [0.2, 0.25) is 0 Å². The van der Waals surface area contributed by atoms with Gasteiger partial charge in [-0.15, -0.1) is 0 Å². The Kier molecular flexibility index (Phi) is 8.45. The minimum absolute atomic E-state index is 0.0656. The van der Waals surface area contributed by atoms with Gasteiger partial charge in [-0.25, -0.2) is 0 Å². The van der Waals surface area contributed by atoms with Crippen LogP contribution in [0.5, 0.6) is 0 Å². The molecule has 5 aromatic rings. The maximum Gasteiger partial charge on any atom is 0.209 e. The average Bonchev–Trinajstić information content (AvgIpc) is 3.46. The molecule has 0 bridgehead atoms. The highest BCUT2D eigenvalue weighted by atomic mass is 15.2. The zero-order chi connectivity index (χ0) is 32.4. The second kappa shape index (κ2) is 12.8. The van der Waals surface area contributed by atoms with E-state index in [4.69, 9.17) is 0 Å². The van der Waals surface area contributed by atoms with Crippen LogP contribution in [0.25, 0.3) is 10.8 Å². The monoisotopic (exact) mass is 615 g/mol. The quantitative estimate of drug-likeness (QED) is 0.142. The fraction of sp³-hybridized carbons (Fsp3) is 0.267. The van der Waals surface area contributed by atoms with Crippen LogP contribution in [0.15, 0.2) is 145 Å². The van der Waals surface area contributed by atoms with Crippen LogP contribution >= 0.6 is 0 Å². The van der Waals surface area contributed by atoms with Crippen LogP contribution in [0.3, 0.4) is 0 Å². The van der Waals surface area contributed by atoms with Crippen molar-refractivity contribution < 1.29 is 4.58 Å². The highest BCUT2D eigenvalue weighted by molar-refractivity contribution is 6.03. The summed E-state index contributed by atoms with van der Waals surface area (Å²) in [5.41, 5.74) is 10.8. The van der Waals surface area contributed by atoms with Crippen LogP contribution in [0.1, 0.15) is 62.8 Å². The predicted octanol–water partition coefficient (Wildman–Crippen LogP) is 10.7. The van der Waals surface area contributed by atoms with Crippen molar-refractivity contribution >= 4 is 27.9 Å². The lowest BCUT2D eigenvalue weighted by Gasteiger charge is -2.35. The molecular formula is C45H47N2+. The molecule has 0 N–H and O–H groups in total. The summed E-state index contributed by atoms with van der Waals surface area (Å²) < 4.78 is 2.55. The van der Waals surface area contributed by atoms with Gasteiger partial charge in [-0.2, -0.15) is 4.58 Å². The first-order valence-corrected chi connectivity index (χ1v) is 17.5. The normalized spacial score (nSPS) is 17.2. The third-order valence-corrected chi connectivity index (χ3v) is 10.4. The summed E-state index contributed by atoms with van der Waals surface area (Å²) in [6, 6.07) is 44.9. The second-order valence-electron chi connectivity index (χ2n) is 13.8. The summed E-state index contributed by atoms with van der Waals surface area (Å²) in [6.45, 7) is 11.3. The molecule has 0 saturated heterocycles. The first kappa shape index (κ1) is 30.9. The van der Waals surface area contributed by atoms with Gasteiger partial charge in [-0.05, 0) is 72.7 Å². The maximum atomic E-state index is 2.64. The number of para-hydroxylation sites is 1. The minimum Gasteiger partial charge on any atom is -0.344 e. The number of anilines is 1. The first-order valence-electron chi connectivity index (χ1n) is 17.5. The summed E-state index contributed by atoms with van der Waals surface area (Å²) in [6.07, 6.45) is 11.3. The number of hydrogen-bond donors (Lipinski definition) is 0. The molecule has 2 aliphatic heterocycles. The number of fused-ring (bicyclic) bond motifs is 4. The van der Waals surface area contributed by atoms with Gasteiger partial charge in [0.25, 0.3) is 0 Å². The van der Waals surface area contributed by atoms with Crippen LogP contribution in [-0.4, -0.2) is 23.4 Å². The molecule has 236 valence electrons. The molecule has 0 aromatic heterocycles. The van der Waals surface area contributed by atoms with Crippen molar-refractivity contribution in [3.8, 4) is 0 Å². The molecule has 0 aliphatic carbocycles. The number of nitrogens with zero attached hydrogens (tertiary/aromatic N) is 2. The van der Waals surface area contributed by atoms with Crippen molar-refractivity contribution in [2.24, 2.45) is 0 Å². The Labute approximate surface area is 281 Å². The Balaban J connectivity index is 1.47. The van der Waals surface area contributed by atoms with Crippen LogP contribution in [0.4, 0.5) is 11.4 Å². The average molecular weight is 616 g/mol. The van der Waals surface area contributed by atoms with Gasteiger partial charge >= 0.3 is 0 Å². The molecule has 0 atom stereocenters. The van der Waals surface area contributed by atoms with Crippen molar-refractivity contribution in [2.75, 3.05) is 18.0 Å². The summed E-state index contributed by atoms with van der Waals surface area (Å²) in [4.78, 5) is 2.64. The molecule has 47 heavy (non-hydrogen) atoms. The molecule has 0 fully saturated rings. The van der Waals surface area contributed by atoms with Gasteiger partial charge in [-0.1, -0.05) is 129 Å². The van der Waals surface area contributed by atoms with E-state index in [0.29, 0.717) is 0 Å². The molecule has 0 radical (unpaired) electrons. The van der Waals surface area contributed by atoms with Crippen LogP contribution in [-0.2, 0) is 23.7 Å². The largest absolute Gasteiger partial charge is 0.344 e. The topological polar surface area (TPSA) is 6.25 Å². The lowest BCUT2D eigenvalue weighted by molar-refractivity contribution is -0.437. The molecule has 0 amide bonds. The summed E-state index contributed by atoms with van der Waals surface area (Å²) >= 11 is 0. The lowest BCUT2D eigenvalue weighted by Crippen LogP contribution is -2.36. The number of benzene rings is 5. The number of allylic oxidation sites excluding steroid dienone is 4. The van der Waals surface area contributed by atoms with Gasteiger partial charge in [0.15, 0.2) is 5.71 Å². The Morgan fingerprint density at radius 1 is 0.681 bits per heavy atom. The summed E-state index contributed by atoms with van der Waals surface area (Å²) in [5.74, 6) is 0. The molecule has 2 aliphatic rings. The third kappa shape index (κ3) is 5.44. The van der Waals surface area contributed by atoms with E-state index in [1.807, 2.05) is 0 Å². The molecule has 2 heteroatoms. The number of hydrogen-bond acceptors (Lipinski definition) is 1. The van der Waals surface area contributed by atoms with E-state index in [1.165, 1.54) is 55.8 Å². The molecule has 0 unspecified atom stereocenters. The fourth-order valence-corrected chi connectivity index (χ4v) is 8.36. The van der Waals surface area contributed by atoms with Gasteiger partial charge < -0.3 is 4.90 Å². The smallest absolute Gasteiger partial charge is 0.209 e. The predicted molar refractivity (Wildman–Crippen MR) is 200 cm³/mol. The van der Waals surface area contributed by atoms with E-state index >= 15 is 0 Å². The van der Waals surface area contributed by atoms with Crippen molar-refractivity contribution in [1.29, 1.82) is 0 Å². The van der Waals surface area contributed by atoms with Crippen LogP contribution in [0, 0.1) is 0 Å². The fourth-order valence-electron chi connectivity index (χ4n) is 8.36. The zero-order valence-corrected chi connectivity index (χ0v) is 28.4.